The standard InChI is InChI=1S/C16H21NO4/c1-11(17-21-12(2)18)13-8-9-15(19-3)16(10-13)20-14-6-4-5-7-14/h8-10,14H,4-7H2,1-3H3/b17-11+. The smallest absolute Gasteiger partial charge is 0.331 e. The van der Waals surface area contributed by atoms with E-state index in [-0.39, 0.29) is 6.10 Å². The van der Waals surface area contributed by atoms with E-state index < -0.39 is 5.97 Å². The number of oxime groups is 1. The third-order valence-electron chi connectivity index (χ3n) is 3.49. The number of hydrogen-bond acceptors (Lipinski definition) is 5. The third-order valence-corrected chi connectivity index (χ3v) is 3.49. The van der Waals surface area contributed by atoms with Crippen molar-refractivity contribution in [3.63, 3.8) is 0 Å². The molecule has 21 heavy (non-hydrogen) atoms. The zero-order chi connectivity index (χ0) is 15.2. The average Bonchev–Trinajstić information content (AvgIpc) is 2.97. The molecule has 0 N–H and O–H groups in total. The van der Waals surface area contributed by atoms with Crippen LogP contribution >= 0.6 is 0 Å². The molecule has 5 nitrogen and oxygen atoms in total. The molecule has 0 aliphatic heterocycles. The van der Waals surface area contributed by atoms with Crippen molar-refractivity contribution in [1.82, 2.24) is 0 Å². The predicted octanol–water partition coefficient (Wildman–Crippen LogP) is 3.30. The number of carbonyl (C=O) groups excluding carboxylic acids is 1. The zero-order valence-corrected chi connectivity index (χ0v) is 12.7. The second-order valence-corrected chi connectivity index (χ2v) is 5.15. The molecule has 1 saturated carbocycles. The number of carbonyl (C=O) groups is 1. The molecule has 1 aliphatic carbocycles. The second-order valence-electron chi connectivity index (χ2n) is 5.15. The summed E-state index contributed by atoms with van der Waals surface area (Å²) in [6, 6.07) is 5.58. The monoisotopic (exact) mass is 291 g/mol. The first kappa shape index (κ1) is 15.4. The molecule has 0 heterocycles. The average molecular weight is 291 g/mol. The van der Waals surface area contributed by atoms with Crippen molar-refractivity contribution in [1.29, 1.82) is 0 Å². The van der Waals surface area contributed by atoms with Gasteiger partial charge in [-0.1, -0.05) is 5.16 Å². The Labute approximate surface area is 124 Å². The van der Waals surface area contributed by atoms with Crippen LogP contribution in [0.25, 0.3) is 0 Å². The first-order valence-electron chi connectivity index (χ1n) is 7.17. The lowest BCUT2D eigenvalue weighted by Crippen LogP contribution is -2.12. The Balaban J connectivity index is 2.19. The van der Waals surface area contributed by atoms with Crippen LogP contribution < -0.4 is 9.47 Å². The fourth-order valence-corrected chi connectivity index (χ4v) is 2.37. The van der Waals surface area contributed by atoms with E-state index in [1.807, 2.05) is 18.2 Å². The first-order valence-corrected chi connectivity index (χ1v) is 7.17. The minimum atomic E-state index is -0.440. The van der Waals surface area contributed by atoms with Crippen LogP contribution in [0.15, 0.2) is 23.4 Å². The van der Waals surface area contributed by atoms with Crippen molar-refractivity contribution in [3.8, 4) is 11.5 Å². The molecule has 0 atom stereocenters. The van der Waals surface area contributed by atoms with Crippen LogP contribution in [0.3, 0.4) is 0 Å². The molecule has 0 radical (unpaired) electrons. The molecule has 1 fully saturated rings. The van der Waals surface area contributed by atoms with Crippen molar-refractivity contribution >= 4 is 11.7 Å². The Morgan fingerprint density at radius 2 is 1.90 bits per heavy atom. The molecule has 0 amide bonds. The van der Waals surface area contributed by atoms with Crippen molar-refractivity contribution < 1.29 is 19.1 Å². The van der Waals surface area contributed by atoms with E-state index in [4.69, 9.17) is 9.47 Å². The van der Waals surface area contributed by atoms with Gasteiger partial charge in [-0.3, -0.25) is 0 Å². The largest absolute Gasteiger partial charge is 0.493 e. The maximum Gasteiger partial charge on any atom is 0.331 e. The number of rotatable bonds is 5. The molecular weight excluding hydrogens is 270 g/mol. The van der Waals surface area contributed by atoms with Gasteiger partial charge >= 0.3 is 5.97 Å². The Kier molecular flexibility index (Phi) is 5.20. The maximum atomic E-state index is 10.8. The lowest BCUT2D eigenvalue weighted by molar-refractivity contribution is -0.140. The van der Waals surface area contributed by atoms with Crippen LogP contribution in [-0.2, 0) is 9.63 Å². The van der Waals surface area contributed by atoms with E-state index in [0.717, 1.165) is 18.4 Å². The van der Waals surface area contributed by atoms with Crippen LogP contribution in [0.1, 0.15) is 45.1 Å². The van der Waals surface area contributed by atoms with Gasteiger partial charge in [0.15, 0.2) is 11.5 Å². The van der Waals surface area contributed by atoms with Gasteiger partial charge in [-0.05, 0) is 50.8 Å². The van der Waals surface area contributed by atoms with Gasteiger partial charge < -0.3 is 14.3 Å². The Morgan fingerprint density at radius 3 is 2.52 bits per heavy atom. The molecule has 0 spiro atoms. The molecular formula is C16H21NO4. The molecule has 1 aliphatic rings. The SMILES string of the molecule is COc1ccc(/C(C)=N/OC(C)=O)cc1OC1CCCC1. The van der Waals surface area contributed by atoms with Gasteiger partial charge in [-0.15, -0.1) is 0 Å². The highest BCUT2D eigenvalue weighted by atomic mass is 16.7. The first-order chi connectivity index (χ1) is 10.1. The van der Waals surface area contributed by atoms with Crippen LogP contribution in [-0.4, -0.2) is 24.9 Å². The summed E-state index contributed by atoms with van der Waals surface area (Å²) in [6.07, 6.45) is 4.82. The number of nitrogens with zero attached hydrogens (tertiary/aromatic N) is 1. The molecule has 1 aromatic carbocycles. The Hall–Kier alpha value is -2.04. The van der Waals surface area contributed by atoms with E-state index in [2.05, 4.69) is 9.99 Å². The highest BCUT2D eigenvalue weighted by Crippen LogP contribution is 2.32. The topological polar surface area (TPSA) is 57.1 Å². The van der Waals surface area contributed by atoms with Crippen molar-refractivity contribution in [2.45, 2.75) is 45.6 Å². The third kappa shape index (κ3) is 4.21. The normalized spacial score (nSPS) is 15.9. The van der Waals surface area contributed by atoms with Crippen LogP contribution in [0, 0.1) is 0 Å². The van der Waals surface area contributed by atoms with Gasteiger partial charge in [0.05, 0.1) is 18.9 Å². The number of benzene rings is 1. The summed E-state index contributed by atoms with van der Waals surface area (Å²) < 4.78 is 11.4. The lowest BCUT2D eigenvalue weighted by Gasteiger charge is -2.16. The van der Waals surface area contributed by atoms with Gasteiger partial charge in [0.25, 0.3) is 0 Å². The van der Waals surface area contributed by atoms with E-state index in [0.29, 0.717) is 17.2 Å². The van der Waals surface area contributed by atoms with E-state index >= 15 is 0 Å². The molecule has 0 bridgehead atoms. The molecule has 0 aromatic heterocycles. The predicted molar refractivity (Wildman–Crippen MR) is 79.9 cm³/mol. The van der Waals surface area contributed by atoms with E-state index in [1.165, 1.54) is 19.8 Å². The van der Waals surface area contributed by atoms with Crippen LogP contribution in [0.4, 0.5) is 0 Å². The molecule has 5 heteroatoms. The fourth-order valence-electron chi connectivity index (χ4n) is 2.37. The van der Waals surface area contributed by atoms with E-state index in [9.17, 15) is 4.79 Å². The quantitative estimate of drug-likeness (QED) is 0.474. The molecule has 114 valence electrons. The van der Waals surface area contributed by atoms with Gasteiger partial charge in [-0.2, -0.15) is 0 Å². The summed E-state index contributed by atoms with van der Waals surface area (Å²) in [5.74, 6) is 0.968. The highest BCUT2D eigenvalue weighted by molar-refractivity contribution is 5.99. The van der Waals surface area contributed by atoms with Crippen molar-refractivity contribution in [2.24, 2.45) is 5.16 Å². The summed E-state index contributed by atoms with van der Waals surface area (Å²) in [6.45, 7) is 3.10. The fraction of sp³-hybridized carbons (Fsp3) is 0.500. The Bertz CT molecular complexity index is 533. The number of hydrogen-bond donors (Lipinski definition) is 0. The zero-order valence-electron chi connectivity index (χ0n) is 12.7. The molecule has 0 unspecified atom stereocenters. The van der Waals surface area contributed by atoms with Crippen molar-refractivity contribution in [3.05, 3.63) is 23.8 Å². The summed E-state index contributed by atoms with van der Waals surface area (Å²) >= 11 is 0. The second kappa shape index (κ2) is 7.11. The molecule has 2 rings (SSSR count). The summed E-state index contributed by atoms with van der Waals surface area (Å²) in [4.78, 5) is 15.5. The summed E-state index contributed by atoms with van der Waals surface area (Å²) in [7, 11) is 1.62. The minimum absolute atomic E-state index is 0.250. The van der Waals surface area contributed by atoms with Gasteiger partial charge in [0.2, 0.25) is 0 Å². The Morgan fingerprint density at radius 1 is 1.19 bits per heavy atom. The summed E-state index contributed by atoms with van der Waals surface area (Å²) in [5.41, 5.74) is 1.45. The summed E-state index contributed by atoms with van der Waals surface area (Å²) in [5, 5.41) is 3.79. The maximum absolute atomic E-state index is 10.8. The molecule has 0 saturated heterocycles. The van der Waals surface area contributed by atoms with Crippen LogP contribution in [0.2, 0.25) is 0 Å². The van der Waals surface area contributed by atoms with Gasteiger partial charge in [0, 0.05) is 12.5 Å². The highest BCUT2D eigenvalue weighted by Gasteiger charge is 2.19. The van der Waals surface area contributed by atoms with Gasteiger partial charge in [0.1, 0.15) is 0 Å². The van der Waals surface area contributed by atoms with Crippen molar-refractivity contribution in [2.75, 3.05) is 7.11 Å². The molecule has 1 aromatic rings. The number of methoxy groups -OCH3 is 1. The minimum Gasteiger partial charge on any atom is -0.493 e. The number of ether oxygens (including phenoxy) is 2. The van der Waals surface area contributed by atoms with Crippen LogP contribution in [0.5, 0.6) is 11.5 Å². The lowest BCUT2D eigenvalue weighted by atomic mass is 10.1. The van der Waals surface area contributed by atoms with Gasteiger partial charge in [-0.25, -0.2) is 4.79 Å². The van der Waals surface area contributed by atoms with E-state index in [1.54, 1.807) is 14.0 Å².